The van der Waals surface area contributed by atoms with Crippen LogP contribution in [0.4, 0.5) is 5.00 Å². The molecule has 0 radical (unpaired) electrons. The molecule has 0 amide bonds. The lowest BCUT2D eigenvalue weighted by molar-refractivity contribution is 0.0521. The first kappa shape index (κ1) is 12.9. The molecule has 1 aromatic rings. The number of carbonyl (C=O) groups excluding carboxylic acids is 1. The summed E-state index contributed by atoms with van der Waals surface area (Å²) in [5.74, 6) is -0.392. The van der Waals surface area contributed by atoms with Gasteiger partial charge in [0.15, 0.2) is 5.69 Å². The molecule has 0 aliphatic carbocycles. The average Bonchev–Trinajstić information content (AvgIpc) is 2.74. The maximum Gasteiger partial charge on any atom is 0.360 e. The van der Waals surface area contributed by atoms with E-state index < -0.39 is 5.97 Å². The Balaban J connectivity index is 2.60. The van der Waals surface area contributed by atoms with Crippen LogP contribution in [0.15, 0.2) is 5.51 Å². The minimum Gasteiger partial charge on any atom is -0.461 e. The van der Waals surface area contributed by atoms with Gasteiger partial charge >= 0.3 is 5.97 Å². The van der Waals surface area contributed by atoms with E-state index in [1.807, 2.05) is 6.92 Å². The Morgan fingerprint density at radius 3 is 3.06 bits per heavy atom. The number of hydrogen-bond donors (Lipinski definition) is 1. The zero-order chi connectivity index (χ0) is 12.0. The van der Waals surface area contributed by atoms with Gasteiger partial charge in [-0.15, -0.1) is 11.3 Å². The molecule has 1 N–H and O–H groups in total. The van der Waals surface area contributed by atoms with Crippen molar-refractivity contribution >= 4 is 22.3 Å². The Morgan fingerprint density at radius 1 is 1.69 bits per heavy atom. The third kappa shape index (κ3) is 3.46. The Morgan fingerprint density at radius 2 is 2.44 bits per heavy atom. The fraction of sp³-hybridized carbons (Fsp3) is 0.600. The molecule has 1 atom stereocenters. The first-order valence-corrected chi connectivity index (χ1v) is 5.94. The lowest BCUT2D eigenvalue weighted by Crippen LogP contribution is -2.19. The molecular weight excluding hydrogens is 228 g/mol. The van der Waals surface area contributed by atoms with Gasteiger partial charge in [0, 0.05) is 13.7 Å². The van der Waals surface area contributed by atoms with Crippen molar-refractivity contribution in [1.82, 2.24) is 4.98 Å². The van der Waals surface area contributed by atoms with E-state index in [1.54, 1.807) is 19.5 Å². The van der Waals surface area contributed by atoms with Crippen molar-refractivity contribution in [3.05, 3.63) is 11.2 Å². The predicted octanol–water partition coefficient (Wildman–Crippen LogP) is 1.77. The highest BCUT2D eigenvalue weighted by Gasteiger charge is 2.16. The highest BCUT2D eigenvalue weighted by atomic mass is 32.1. The first-order chi connectivity index (χ1) is 7.69. The van der Waals surface area contributed by atoms with Crippen LogP contribution in [0.2, 0.25) is 0 Å². The third-order valence-electron chi connectivity index (χ3n) is 1.99. The quantitative estimate of drug-likeness (QED) is 0.773. The number of methoxy groups -OCH3 is 1. The largest absolute Gasteiger partial charge is 0.461 e. The monoisotopic (exact) mass is 244 g/mol. The Bertz CT molecular complexity index is 341. The number of esters is 1. The predicted molar refractivity (Wildman–Crippen MR) is 63.0 cm³/mol. The van der Waals surface area contributed by atoms with E-state index in [1.165, 1.54) is 11.3 Å². The number of nitrogens with one attached hydrogen (secondary N) is 1. The van der Waals surface area contributed by atoms with Gasteiger partial charge < -0.3 is 14.8 Å². The molecule has 1 heterocycles. The minimum atomic E-state index is -0.392. The van der Waals surface area contributed by atoms with Gasteiger partial charge in [-0.25, -0.2) is 9.78 Å². The van der Waals surface area contributed by atoms with Gasteiger partial charge in [0.25, 0.3) is 0 Å². The molecule has 1 aromatic heterocycles. The van der Waals surface area contributed by atoms with Crippen LogP contribution in [0.5, 0.6) is 0 Å². The molecule has 0 fully saturated rings. The second-order valence-corrected chi connectivity index (χ2v) is 4.03. The van der Waals surface area contributed by atoms with Crippen molar-refractivity contribution in [2.75, 3.05) is 25.6 Å². The number of hydrogen-bond acceptors (Lipinski definition) is 6. The summed E-state index contributed by atoms with van der Waals surface area (Å²) in [6.45, 7) is 4.69. The second-order valence-electron chi connectivity index (χ2n) is 3.18. The van der Waals surface area contributed by atoms with Gasteiger partial charge in [0.05, 0.1) is 18.2 Å². The minimum absolute atomic E-state index is 0.0807. The molecule has 0 bridgehead atoms. The fourth-order valence-electron chi connectivity index (χ4n) is 1.04. The zero-order valence-electron chi connectivity index (χ0n) is 9.65. The molecule has 0 saturated carbocycles. The fourth-order valence-corrected chi connectivity index (χ4v) is 1.71. The topological polar surface area (TPSA) is 60.5 Å². The van der Waals surface area contributed by atoms with Crippen LogP contribution in [0.25, 0.3) is 0 Å². The number of thiazole rings is 1. The van der Waals surface area contributed by atoms with Crippen LogP contribution < -0.4 is 5.32 Å². The first-order valence-electron chi connectivity index (χ1n) is 5.06. The number of aromatic nitrogens is 1. The summed E-state index contributed by atoms with van der Waals surface area (Å²) in [6.07, 6.45) is 0.0807. The molecule has 0 aliphatic rings. The molecule has 0 aliphatic heterocycles. The van der Waals surface area contributed by atoms with Crippen molar-refractivity contribution in [3.63, 3.8) is 0 Å². The van der Waals surface area contributed by atoms with E-state index in [4.69, 9.17) is 9.47 Å². The molecule has 5 nitrogen and oxygen atoms in total. The van der Waals surface area contributed by atoms with E-state index in [9.17, 15) is 4.79 Å². The molecule has 1 rings (SSSR count). The van der Waals surface area contributed by atoms with Crippen LogP contribution >= 0.6 is 11.3 Å². The molecular formula is C10H16N2O3S. The lowest BCUT2D eigenvalue weighted by Gasteiger charge is -2.10. The van der Waals surface area contributed by atoms with Crippen LogP contribution in [0, 0.1) is 0 Å². The van der Waals surface area contributed by atoms with E-state index in [-0.39, 0.29) is 6.10 Å². The van der Waals surface area contributed by atoms with Gasteiger partial charge in [-0.1, -0.05) is 0 Å². The Kier molecular flexibility index (Phi) is 5.21. The zero-order valence-corrected chi connectivity index (χ0v) is 10.5. The van der Waals surface area contributed by atoms with E-state index in [2.05, 4.69) is 10.3 Å². The maximum atomic E-state index is 11.5. The number of ether oxygens (including phenoxy) is 2. The van der Waals surface area contributed by atoms with E-state index in [0.29, 0.717) is 18.8 Å². The molecule has 0 aromatic carbocycles. The SMILES string of the molecule is CCOC(=O)c1ncsc1NCC(C)OC. The van der Waals surface area contributed by atoms with Crippen molar-refractivity contribution < 1.29 is 14.3 Å². The summed E-state index contributed by atoms with van der Waals surface area (Å²) in [5, 5.41) is 3.84. The smallest absolute Gasteiger partial charge is 0.360 e. The summed E-state index contributed by atoms with van der Waals surface area (Å²) >= 11 is 1.38. The number of anilines is 1. The maximum absolute atomic E-state index is 11.5. The molecule has 0 saturated heterocycles. The van der Waals surface area contributed by atoms with Crippen LogP contribution in [0.1, 0.15) is 24.3 Å². The Hall–Kier alpha value is -1.14. The van der Waals surface area contributed by atoms with Crippen LogP contribution in [0.3, 0.4) is 0 Å². The number of rotatable bonds is 6. The van der Waals surface area contributed by atoms with Crippen LogP contribution in [-0.4, -0.2) is 37.3 Å². The summed E-state index contributed by atoms with van der Waals surface area (Å²) in [7, 11) is 1.64. The van der Waals surface area contributed by atoms with Gasteiger partial charge in [0.2, 0.25) is 0 Å². The summed E-state index contributed by atoms with van der Waals surface area (Å²) in [4.78, 5) is 15.5. The highest BCUT2D eigenvalue weighted by Crippen LogP contribution is 2.20. The van der Waals surface area contributed by atoms with Crippen molar-refractivity contribution in [1.29, 1.82) is 0 Å². The standard InChI is InChI=1S/C10H16N2O3S/c1-4-15-10(13)8-9(16-6-12-8)11-5-7(2)14-3/h6-7,11H,4-5H2,1-3H3. The molecule has 90 valence electrons. The van der Waals surface area contributed by atoms with Gasteiger partial charge in [-0.05, 0) is 13.8 Å². The van der Waals surface area contributed by atoms with Gasteiger partial charge in [-0.2, -0.15) is 0 Å². The summed E-state index contributed by atoms with van der Waals surface area (Å²) < 4.78 is 10.00. The van der Waals surface area contributed by atoms with Gasteiger partial charge in [0.1, 0.15) is 5.00 Å². The number of nitrogens with zero attached hydrogens (tertiary/aromatic N) is 1. The Labute approximate surface area is 98.8 Å². The highest BCUT2D eigenvalue weighted by molar-refractivity contribution is 7.14. The van der Waals surface area contributed by atoms with Gasteiger partial charge in [-0.3, -0.25) is 0 Å². The lowest BCUT2D eigenvalue weighted by atomic mass is 10.4. The molecule has 16 heavy (non-hydrogen) atoms. The van der Waals surface area contributed by atoms with Crippen molar-refractivity contribution in [2.24, 2.45) is 0 Å². The second kappa shape index (κ2) is 6.44. The average molecular weight is 244 g/mol. The molecule has 6 heteroatoms. The van der Waals surface area contributed by atoms with E-state index in [0.717, 1.165) is 5.00 Å². The van der Waals surface area contributed by atoms with Crippen molar-refractivity contribution in [2.45, 2.75) is 20.0 Å². The summed E-state index contributed by atoms with van der Waals surface area (Å²) in [6, 6.07) is 0. The number of carbonyl (C=O) groups is 1. The normalized spacial score (nSPS) is 12.2. The summed E-state index contributed by atoms with van der Waals surface area (Å²) in [5.41, 5.74) is 1.96. The molecule has 1 unspecified atom stereocenters. The van der Waals surface area contributed by atoms with E-state index >= 15 is 0 Å². The molecule has 0 spiro atoms. The van der Waals surface area contributed by atoms with Crippen LogP contribution in [-0.2, 0) is 9.47 Å². The third-order valence-corrected chi connectivity index (χ3v) is 2.77. The van der Waals surface area contributed by atoms with Crippen molar-refractivity contribution in [3.8, 4) is 0 Å².